The van der Waals surface area contributed by atoms with Crippen LogP contribution in [0.3, 0.4) is 0 Å². The number of benzene rings is 2. The number of methoxy groups -OCH3 is 1. The molecule has 1 atom stereocenters. The van der Waals surface area contributed by atoms with E-state index in [-0.39, 0.29) is 11.1 Å². The van der Waals surface area contributed by atoms with Crippen LogP contribution in [0.15, 0.2) is 66.1 Å². The molecule has 8 nitrogen and oxygen atoms in total. The summed E-state index contributed by atoms with van der Waals surface area (Å²) in [6.07, 6.45) is -2.66. The van der Waals surface area contributed by atoms with E-state index in [1.807, 2.05) is 0 Å². The van der Waals surface area contributed by atoms with Crippen molar-refractivity contribution < 1.29 is 42.6 Å². The van der Waals surface area contributed by atoms with Crippen molar-refractivity contribution in [3.8, 4) is 0 Å². The zero-order valence-electron chi connectivity index (χ0n) is 22.2. The predicted octanol–water partition coefficient (Wildman–Crippen LogP) is 1.79. The maximum atomic E-state index is 12.9. The van der Waals surface area contributed by atoms with Crippen LogP contribution in [0.25, 0.3) is 0 Å². The summed E-state index contributed by atoms with van der Waals surface area (Å²) in [7, 11) is -4.48. The quantitative estimate of drug-likeness (QED) is 0.564. The van der Waals surface area contributed by atoms with E-state index >= 15 is 0 Å². The van der Waals surface area contributed by atoms with Crippen LogP contribution >= 0.6 is 0 Å². The number of ketones is 1. The summed E-state index contributed by atoms with van der Waals surface area (Å²) in [5.41, 5.74) is 0.439. The Hall–Kier alpha value is -3.33. The number of ether oxygens (including phenoxy) is 2. The van der Waals surface area contributed by atoms with Crippen LogP contribution in [0.1, 0.15) is 38.5 Å². The number of hydrogen-bond acceptors (Lipinski definition) is 8. The number of hydrogen-bond donors (Lipinski definition) is 1. The molecule has 0 aromatic heterocycles. The molecule has 146 valence electrons. The highest BCUT2D eigenvalue weighted by atomic mass is 32.2. The minimum Gasteiger partial charge on any atom is -0.465 e. The van der Waals surface area contributed by atoms with Gasteiger partial charge in [-0.15, -0.1) is 0 Å². The summed E-state index contributed by atoms with van der Waals surface area (Å²) in [4.78, 5) is 24.5. The second-order valence-electron chi connectivity index (χ2n) is 5.16. The molecule has 2 N–H and O–H groups in total. The van der Waals surface area contributed by atoms with E-state index in [1.165, 1.54) is 12.1 Å². The monoisotopic (exact) mass is 411 g/mol. The maximum absolute atomic E-state index is 12.9. The lowest BCUT2D eigenvalue weighted by Crippen LogP contribution is -2.16. The summed E-state index contributed by atoms with van der Waals surface area (Å²) in [5.74, 6) is -4.38. The fourth-order valence-electron chi connectivity index (χ4n) is 2.12. The van der Waals surface area contributed by atoms with Crippen molar-refractivity contribution >= 4 is 21.9 Å². The molecule has 1 aliphatic rings. The van der Waals surface area contributed by atoms with Crippen molar-refractivity contribution in [2.45, 2.75) is 11.8 Å². The van der Waals surface area contributed by atoms with Gasteiger partial charge in [-0.1, -0.05) is 42.3 Å². The van der Waals surface area contributed by atoms with Gasteiger partial charge < -0.3 is 19.4 Å². The van der Waals surface area contributed by atoms with E-state index < -0.39 is 81.1 Å². The Bertz CT molecular complexity index is 1400. The summed E-state index contributed by atoms with van der Waals surface area (Å²) < 4.78 is 103. The van der Waals surface area contributed by atoms with Crippen LogP contribution in [0.2, 0.25) is 0 Å². The number of Topliss-reactive ketones (excluding diaryl/α,β-unsaturated/α-hetero) is 1. The van der Waals surface area contributed by atoms with E-state index in [9.17, 15) is 18.0 Å². The van der Waals surface area contributed by atoms with E-state index in [0.717, 1.165) is 19.2 Å². The summed E-state index contributed by atoms with van der Waals surface area (Å²) in [6, 6.07) is -0.458. The van der Waals surface area contributed by atoms with Crippen LogP contribution in [0, 0.1) is 0 Å². The molecule has 0 amide bonds. The van der Waals surface area contributed by atoms with Crippen molar-refractivity contribution in [1.29, 1.82) is 0 Å². The molecule has 2 aromatic carbocycles. The molecule has 1 heterocycles. The molecule has 0 aliphatic carbocycles. The van der Waals surface area contributed by atoms with Crippen LogP contribution in [-0.2, 0) is 34.3 Å². The van der Waals surface area contributed by atoms with E-state index in [4.69, 9.17) is 21.4 Å². The zero-order chi connectivity index (χ0) is 27.4. The van der Waals surface area contributed by atoms with Crippen molar-refractivity contribution in [2.24, 2.45) is 5.73 Å². The fraction of sp³-hybridized carbons (Fsp3) is 0.158. The number of carbonyl (C=O) groups is 2. The first-order chi connectivity index (χ1) is 16.5. The second kappa shape index (κ2) is 7.73. The Labute approximate surface area is 172 Å². The second-order valence-corrected chi connectivity index (χ2v) is 6.44. The third kappa shape index (κ3) is 4.15. The van der Waals surface area contributed by atoms with Gasteiger partial charge in [0.1, 0.15) is 5.70 Å². The van der Waals surface area contributed by atoms with Gasteiger partial charge in [-0.2, -0.15) is 8.42 Å². The van der Waals surface area contributed by atoms with Gasteiger partial charge in [-0.25, -0.2) is 4.79 Å². The smallest absolute Gasteiger partial charge is 0.337 e. The van der Waals surface area contributed by atoms with E-state index in [2.05, 4.69) is 8.92 Å². The molecule has 0 spiro atoms. The number of nitrogens with two attached hydrogens (primary N) is 1. The summed E-state index contributed by atoms with van der Waals surface area (Å²) >= 11 is 0. The van der Waals surface area contributed by atoms with E-state index in [1.54, 1.807) is 0 Å². The molecule has 9 heteroatoms. The number of rotatable bonds is 6. The average Bonchev–Trinajstić information content (AvgIpc) is 3.04. The lowest BCUT2D eigenvalue weighted by atomic mass is 10.0. The lowest BCUT2D eigenvalue weighted by molar-refractivity contribution is -0.123. The first kappa shape index (κ1) is 11.5. The minimum absolute atomic E-state index is 0.0714. The van der Waals surface area contributed by atoms with Gasteiger partial charge in [-0.3, -0.25) is 4.79 Å². The SMILES string of the molecule is [2H]c1c([2H])c([2H])c(C([2H])([2H])S(=O)(=O)OC2=C(N)O[C@]([2H])(c3ccc(C(=O)OC)cc3)C2=O)c([2H])c1[2H]. The van der Waals surface area contributed by atoms with Crippen LogP contribution in [0.5, 0.6) is 0 Å². The highest BCUT2D eigenvalue weighted by Gasteiger charge is 2.39. The van der Waals surface area contributed by atoms with Gasteiger partial charge in [0.2, 0.25) is 17.4 Å². The molecule has 0 saturated heterocycles. The molecular formula is C19H17NO7S. The summed E-state index contributed by atoms with van der Waals surface area (Å²) in [6.45, 7) is 0. The molecule has 2 aromatic rings. The molecule has 3 rings (SSSR count). The van der Waals surface area contributed by atoms with Gasteiger partial charge in [0.15, 0.2) is 6.08 Å². The molecule has 0 fully saturated rings. The molecule has 0 saturated carbocycles. The average molecular weight is 411 g/mol. The molecule has 0 radical (unpaired) electrons. The first-order valence-corrected chi connectivity index (χ1v) is 8.86. The van der Waals surface area contributed by atoms with Crippen molar-refractivity contribution in [3.05, 3.63) is 82.8 Å². The topological polar surface area (TPSA) is 122 Å². The Kier molecular flexibility index (Phi) is 3.17. The summed E-state index contributed by atoms with van der Waals surface area (Å²) in [5, 5.41) is 0. The number of carbonyl (C=O) groups excluding carboxylic acids is 2. The number of esters is 1. The highest BCUT2D eigenvalue weighted by Crippen LogP contribution is 2.32. The van der Waals surface area contributed by atoms with Crippen LogP contribution in [0.4, 0.5) is 0 Å². The van der Waals surface area contributed by atoms with Gasteiger partial charge in [0, 0.05) is 5.56 Å². The molecule has 1 aliphatic heterocycles. The largest absolute Gasteiger partial charge is 0.465 e. The van der Waals surface area contributed by atoms with Crippen molar-refractivity contribution in [1.82, 2.24) is 0 Å². The Morgan fingerprint density at radius 3 is 2.54 bits per heavy atom. The maximum Gasteiger partial charge on any atom is 0.337 e. The van der Waals surface area contributed by atoms with Gasteiger partial charge in [0.25, 0.3) is 0 Å². The predicted molar refractivity (Wildman–Crippen MR) is 98.0 cm³/mol. The Morgan fingerprint density at radius 2 is 1.93 bits per heavy atom. The lowest BCUT2D eigenvalue weighted by Gasteiger charge is -2.10. The third-order valence-corrected chi connectivity index (χ3v) is 4.18. The Balaban J connectivity index is 2.00. The minimum atomic E-state index is -5.62. The van der Waals surface area contributed by atoms with Crippen LogP contribution in [-0.4, -0.2) is 27.3 Å². The normalized spacial score (nSPS) is 23.8. The zero-order valence-corrected chi connectivity index (χ0v) is 15.0. The standard InChI is InChI=1S/C19H17NO7S/c1-25-19(22)14-9-7-13(8-10-14)16-15(21)17(18(20)26-16)27-28(23,24)11-12-5-3-2-4-6-12/h2-10,16H,11,20H2,1H3/t16-/m1/s1/i2D,3D,4D,5D,6D,11D2,16D. The van der Waals surface area contributed by atoms with E-state index in [0.29, 0.717) is 0 Å². The van der Waals surface area contributed by atoms with Gasteiger partial charge in [0.05, 0.1) is 23.6 Å². The third-order valence-electron chi connectivity index (χ3n) is 3.34. The van der Waals surface area contributed by atoms with Crippen molar-refractivity contribution in [3.63, 3.8) is 0 Å². The molecule has 0 unspecified atom stereocenters. The first-order valence-electron chi connectivity index (χ1n) is 11.4. The molecule has 0 bridgehead atoms. The van der Waals surface area contributed by atoms with Crippen molar-refractivity contribution in [2.75, 3.05) is 7.11 Å². The molecule has 28 heavy (non-hydrogen) atoms. The highest BCUT2D eigenvalue weighted by molar-refractivity contribution is 7.86. The van der Waals surface area contributed by atoms with Gasteiger partial charge >= 0.3 is 16.1 Å². The van der Waals surface area contributed by atoms with Gasteiger partial charge in [-0.05, 0) is 17.7 Å². The fourth-order valence-corrected chi connectivity index (χ4v) is 2.89. The molecular weight excluding hydrogens is 386 g/mol. The Morgan fingerprint density at radius 1 is 1.29 bits per heavy atom. The van der Waals surface area contributed by atoms with Crippen LogP contribution < -0.4 is 5.73 Å².